The Bertz CT molecular complexity index is 1260. The van der Waals surface area contributed by atoms with Crippen LogP contribution in [0.15, 0.2) is 72.3 Å². The van der Waals surface area contributed by atoms with Crippen molar-refractivity contribution in [3.63, 3.8) is 0 Å². The Morgan fingerprint density at radius 3 is 2.29 bits per heavy atom. The molecule has 0 aliphatic carbocycles. The van der Waals surface area contributed by atoms with Gasteiger partial charge in [0.1, 0.15) is 12.4 Å². The molecule has 0 amide bonds. The van der Waals surface area contributed by atoms with Crippen molar-refractivity contribution < 1.29 is 14.3 Å². The van der Waals surface area contributed by atoms with E-state index >= 15 is 0 Å². The van der Waals surface area contributed by atoms with Crippen LogP contribution in [0.5, 0.6) is 5.75 Å². The van der Waals surface area contributed by atoms with Crippen LogP contribution in [0.1, 0.15) is 22.7 Å². The molecule has 0 unspecified atom stereocenters. The second-order valence-corrected chi connectivity index (χ2v) is 9.10. The highest BCUT2D eigenvalue weighted by Crippen LogP contribution is 2.33. The molecule has 1 heterocycles. The molecule has 4 rings (SSSR count). The van der Waals surface area contributed by atoms with Gasteiger partial charge < -0.3 is 20.1 Å². The van der Waals surface area contributed by atoms with Crippen LogP contribution < -0.4 is 15.4 Å². The summed E-state index contributed by atoms with van der Waals surface area (Å²) in [6, 6.07) is 19.3. The molecular weight excluding hydrogens is 515 g/mol. The third kappa shape index (κ3) is 5.47. The lowest BCUT2D eigenvalue weighted by Gasteiger charge is -2.31. The number of carbonyl (C=O) groups excluding carboxylic acids is 1. The van der Waals surface area contributed by atoms with Crippen LogP contribution in [0.3, 0.4) is 0 Å². The van der Waals surface area contributed by atoms with Gasteiger partial charge in [-0.3, -0.25) is 0 Å². The molecule has 0 saturated heterocycles. The summed E-state index contributed by atoms with van der Waals surface area (Å²) >= 11 is 23.6. The number of nitrogens with one attached hydrogen (secondary N) is 2. The third-order valence-electron chi connectivity index (χ3n) is 5.23. The standard InChI is InChI=1S/C25H19Cl3N2O3S/c1-32-24(31)21-22(14-2-7-17(26)8-3-14)29-25(34)30-23(21)15-5-10-19(11-6-15)33-13-16-4-9-18(27)12-20(16)28/h2-12,23H,13H2,1H3,(H2,29,30,34)/t23-/m1/s1. The highest BCUT2D eigenvalue weighted by molar-refractivity contribution is 7.80. The zero-order valence-corrected chi connectivity index (χ0v) is 21.0. The number of carbonyl (C=O) groups is 1. The lowest BCUT2D eigenvalue weighted by molar-refractivity contribution is -0.136. The minimum atomic E-state index is -0.522. The summed E-state index contributed by atoms with van der Waals surface area (Å²) < 4.78 is 11.0. The highest BCUT2D eigenvalue weighted by Gasteiger charge is 2.32. The van der Waals surface area contributed by atoms with Gasteiger partial charge in [0.05, 0.1) is 24.4 Å². The smallest absolute Gasteiger partial charge is 0.338 e. The van der Waals surface area contributed by atoms with E-state index in [0.29, 0.717) is 43.8 Å². The Hall–Kier alpha value is -2.77. The average molecular weight is 534 g/mol. The number of rotatable bonds is 6. The van der Waals surface area contributed by atoms with Crippen LogP contribution in [0, 0.1) is 0 Å². The molecule has 0 spiro atoms. The number of esters is 1. The second kappa shape index (κ2) is 10.7. The van der Waals surface area contributed by atoms with Crippen molar-refractivity contribution >= 4 is 63.8 Å². The van der Waals surface area contributed by atoms with Crippen LogP contribution in [-0.4, -0.2) is 18.2 Å². The van der Waals surface area contributed by atoms with Gasteiger partial charge in [0.25, 0.3) is 0 Å². The van der Waals surface area contributed by atoms with Gasteiger partial charge in [-0.25, -0.2) is 4.79 Å². The molecule has 2 N–H and O–H groups in total. The number of thiocarbonyl (C=S) groups is 1. The molecule has 0 saturated carbocycles. The fourth-order valence-electron chi connectivity index (χ4n) is 3.54. The van der Waals surface area contributed by atoms with E-state index in [1.54, 1.807) is 24.3 Å². The number of hydrogen-bond acceptors (Lipinski definition) is 4. The third-order valence-corrected chi connectivity index (χ3v) is 6.29. The summed E-state index contributed by atoms with van der Waals surface area (Å²) in [6.07, 6.45) is 0. The molecule has 3 aromatic rings. The van der Waals surface area contributed by atoms with Crippen LogP contribution in [0.2, 0.25) is 15.1 Å². The Morgan fingerprint density at radius 2 is 1.65 bits per heavy atom. The number of halogens is 3. The fourth-order valence-corrected chi connectivity index (χ4v) is 4.35. The molecule has 0 fully saturated rings. The molecule has 9 heteroatoms. The summed E-state index contributed by atoms with van der Waals surface area (Å²) in [4.78, 5) is 12.8. The van der Waals surface area contributed by atoms with E-state index in [2.05, 4.69) is 10.6 Å². The zero-order chi connectivity index (χ0) is 24.2. The van der Waals surface area contributed by atoms with Gasteiger partial charge in [-0.05, 0) is 59.7 Å². The molecule has 174 valence electrons. The summed E-state index contributed by atoms with van der Waals surface area (Å²) in [6.45, 7) is 0.291. The summed E-state index contributed by atoms with van der Waals surface area (Å²) in [5, 5.41) is 8.34. The topological polar surface area (TPSA) is 59.6 Å². The Morgan fingerprint density at radius 1 is 0.971 bits per heavy atom. The molecule has 34 heavy (non-hydrogen) atoms. The maximum absolute atomic E-state index is 12.8. The van der Waals surface area contributed by atoms with Crippen molar-refractivity contribution in [2.24, 2.45) is 0 Å². The van der Waals surface area contributed by atoms with Gasteiger partial charge in [-0.1, -0.05) is 65.1 Å². The van der Waals surface area contributed by atoms with E-state index in [1.807, 2.05) is 42.5 Å². The zero-order valence-electron chi connectivity index (χ0n) is 17.9. The van der Waals surface area contributed by atoms with Gasteiger partial charge in [-0.15, -0.1) is 0 Å². The van der Waals surface area contributed by atoms with E-state index in [9.17, 15) is 4.79 Å². The highest BCUT2D eigenvalue weighted by atomic mass is 35.5. The van der Waals surface area contributed by atoms with Crippen molar-refractivity contribution in [3.05, 3.63) is 104 Å². The van der Waals surface area contributed by atoms with E-state index in [1.165, 1.54) is 7.11 Å². The maximum atomic E-state index is 12.8. The largest absolute Gasteiger partial charge is 0.489 e. The Labute approximate surface area is 217 Å². The van der Waals surface area contributed by atoms with Crippen molar-refractivity contribution in [1.82, 2.24) is 10.6 Å². The maximum Gasteiger partial charge on any atom is 0.338 e. The monoisotopic (exact) mass is 532 g/mol. The minimum absolute atomic E-state index is 0.291. The molecule has 0 bridgehead atoms. The molecule has 3 aromatic carbocycles. The first kappa shape index (κ1) is 24.4. The molecule has 1 aliphatic heterocycles. The van der Waals surface area contributed by atoms with E-state index in [4.69, 9.17) is 56.5 Å². The summed E-state index contributed by atoms with van der Waals surface area (Å²) in [5.74, 6) is 0.169. The van der Waals surface area contributed by atoms with Crippen LogP contribution >= 0.6 is 47.0 Å². The van der Waals surface area contributed by atoms with Crippen LogP contribution in [-0.2, 0) is 16.1 Å². The number of ether oxygens (including phenoxy) is 2. The first-order valence-electron chi connectivity index (χ1n) is 10.2. The predicted molar refractivity (Wildman–Crippen MR) is 139 cm³/mol. The minimum Gasteiger partial charge on any atom is -0.489 e. The summed E-state index contributed by atoms with van der Waals surface area (Å²) in [5.41, 5.74) is 3.37. The quantitative estimate of drug-likeness (QED) is 0.285. The SMILES string of the molecule is COC(=O)C1=C(c2ccc(Cl)cc2)NC(=S)N[C@@H]1c1ccc(OCc2ccc(Cl)cc2Cl)cc1. The van der Waals surface area contributed by atoms with Crippen LogP contribution in [0.25, 0.3) is 5.70 Å². The van der Waals surface area contributed by atoms with E-state index in [-0.39, 0.29) is 0 Å². The van der Waals surface area contributed by atoms with E-state index in [0.717, 1.165) is 16.7 Å². The normalized spacial score (nSPS) is 15.4. The average Bonchev–Trinajstić information content (AvgIpc) is 2.83. The van der Waals surface area contributed by atoms with Gasteiger partial charge in [0.15, 0.2) is 5.11 Å². The number of hydrogen-bond donors (Lipinski definition) is 2. The first-order valence-corrected chi connectivity index (χ1v) is 11.7. The Kier molecular flexibility index (Phi) is 7.63. The van der Waals surface area contributed by atoms with Gasteiger partial charge in [0.2, 0.25) is 0 Å². The Balaban J connectivity index is 1.62. The van der Waals surface area contributed by atoms with Crippen molar-refractivity contribution in [3.8, 4) is 5.75 Å². The molecule has 1 atom stereocenters. The first-order chi connectivity index (χ1) is 16.4. The molecule has 0 aromatic heterocycles. The number of methoxy groups -OCH3 is 1. The fraction of sp³-hybridized carbons (Fsp3) is 0.120. The van der Waals surface area contributed by atoms with Crippen LogP contribution in [0.4, 0.5) is 0 Å². The van der Waals surface area contributed by atoms with Gasteiger partial charge in [-0.2, -0.15) is 0 Å². The summed E-state index contributed by atoms with van der Waals surface area (Å²) in [7, 11) is 1.34. The van der Waals surface area contributed by atoms with Crippen molar-refractivity contribution in [2.45, 2.75) is 12.6 Å². The predicted octanol–water partition coefficient (Wildman–Crippen LogP) is 6.33. The number of benzene rings is 3. The lowest BCUT2D eigenvalue weighted by Crippen LogP contribution is -2.45. The second-order valence-electron chi connectivity index (χ2n) is 7.41. The molecular formula is C25H19Cl3N2O3S. The lowest BCUT2D eigenvalue weighted by atomic mass is 9.93. The molecule has 5 nitrogen and oxygen atoms in total. The van der Waals surface area contributed by atoms with E-state index < -0.39 is 12.0 Å². The van der Waals surface area contributed by atoms with Gasteiger partial charge in [0, 0.05) is 20.6 Å². The van der Waals surface area contributed by atoms with Gasteiger partial charge >= 0.3 is 5.97 Å². The van der Waals surface area contributed by atoms with Crippen molar-refractivity contribution in [2.75, 3.05) is 7.11 Å². The molecule has 1 aliphatic rings. The molecule has 0 radical (unpaired) electrons. The van der Waals surface area contributed by atoms with Crippen molar-refractivity contribution in [1.29, 1.82) is 0 Å².